The number of halogens is 3. The molecule has 0 spiro atoms. The number of carboxylic acids is 1. The Kier molecular flexibility index (Phi) is 7.22. The fourth-order valence-corrected chi connectivity index (χ4v) is 5.81. The second-order valence-corrected chi connectivity index (χ2v) is 10.6. The van der Waals surface area contributed by atoms with Crippen molar-refractivity contribution in [3.63, 3.8) is 0 Å². The lowest BCUT2D eigenvalue weighted by molar-refractivity contribution is -0.192. The number of aromatic hydroxyl groups is 1. The number of phenolic OH excluding ortho intramolecular Hbond substituents is 1. The maximum atomic E-state index is 10.6. The normalized spacial score (nSPS) is 18.1. The molecule has 220 valence electrons. The van der Waals surface area contributed by atoms with Crippen molar-refractivity contribution in [2.24, 2.45) is 0 Å². The quantitative estimate of drug-likeness (QED) is 0.289. The van der Waals surface area contributed by atoms with E-state index in [4.69, 9.17) is 20.0 Å². The summed E-state index contributed by atoms with van der Waals surface area (Å²) < 4.78 is 33.6. The smallest absolute Gasteiger partial charge is 0.490 e. The molecular formula is C31H27F3N6O3. The number of pyridine rings is 1. The molecule has 7 rings (SSSR count). The van der Waals surface area contributed by atoms with E-state index in [0.29, 0.717) is 12.1 Å². The summed E-state index contributed by atoms with van der Waals surface area (Å²) in [6, 6.07) is 23.2. The number of phenols is 1. The zero-order valence-electron chi connectivity index (χ0n) is 23.0. The van der Waals surface area contributed by atoms with Gasteiger partial charge in [-0.2, -0.15) is 18.3 Å². The molecule has 2 bridgehead atoms. The van der Waals surface area contributed by atoms with Crippen LogP contribution in [0.2, 0.25) is 0 Å². The van der Waals surface area contributed by atoms with Crippen molar-refractivity contribution >= 4 is 17.3 Å². The molecule has 9 nitrogen and oxygen atoms in total. The Morgan fingerprint density at radius 1 is 0.907 bits per heavy atom. The lowest BCUT2D eigenvalue weighted by Crippen LogP contribution is -2.44. The number of aromatic nitrogens is 4. The predicted octanol–water partition coefficient (Wildman–Crippen LogP) is 5.36. The van der Waals surface area contributed by atoms with E-state index >= 15 is 0 Å². The Balaban J connectivity index is 0.000000423. The molecule has 2 saturated heterocycles. The largest absolute Gasteiger partial charge is 0.508 e. The topological polar surface area (TPSA) is 107 Å². The van der Waals surface area contributed by atoms with E-state index in [1.807, 2.05) is 41.0 Å². The van der Waals surface area contributed by atoms with E-state index in [9.17, 15) is 18.3 Å². The third-order valence-corrected chi connectivity index (χ3v) is 7.86. The van der Waals surface area contributed by atoms with Gasteiger partial charge >= 0.3 is 12.1 Å². The first-order valence-corrected chi connectivity index (χ1v) is 13.5. The van der Waals surface area contributed by atoms with Crippen LogP contribution in [-0.2, 0) is 4.79 Å². The molecule has 0 amide bonds. The first-order chi connectivity index (χ1) is 20.6. The summed E-state index contributed by atoms with van der Waals surface area (Å²) in [7, 11) is 2.23. The van der Waals surface area contributed by atoms with Crippen LogP contribution in [0, 0.1) is 0 Å². The van der Waals surface area contributed by atoms with Crippen LogP contribution in [0.4, 0.5) is 18.9 Å². The molecule has 2 aliphatic rings. The number of carbonyl (C=O) groups is 1. The van der Waals surface area contributed by atoms with Gasteiger partial charge in [-0.1, -0.05) is 24.3 Å². The van der Waals surface area contributed by atoms with E-state index in [0.717, 1.165) is 52.4 Å². The van der Waals surface area contributed by atoms with Gasteiger partial charge in [-0.15, -0.1) is 0 Å². The molecule has 5 heterocycles. The molecule has 0 unspecified atom stereocenters. The summed E-state index contributed by atoms with van der Waals surface area (Å²) in [6.07, 6.45) is 1.53. The summed E-state index contributed by atoms with van der Waals surface area (Å²) in [5.74, 6) is -2.55. The SMILES string of the molecule is CN1C[C@@H]2C[C@H]1CN2c1ccc(-c2ccnc3c(-c4cccc(O)c4)c(-c4ccncc4)nn23)cc1.O=C(O)C(F)(F)F. The number of carboxylic acid groups (broad SMARTS) is 1. The third-order valence-electron chi connectivity index (χ3n) is 7.86. The van der Waals surface area contributed by atoms with E-state index in [1.54, 1.807) is 24.5 Å². The van der Waals surface area contributed by atoms with Crippen molar-refractivity contribution in [1.29, 1.82) is 0 Å². The number of alkyl halides is 3. The van der Waals surface area contributed by atoms with Gasteiger partial charge in [0.1, 0.15) is 11.4 Å². The van der Waals surface area contributed by atoms with Crippen LogP contribution < -0.4 is 4.90 Å². The first-order valence-electron chi connectivity index (χ1n) is 13.5. The Morgan fingerprint density at radius 3 is 2.23 bits per heavy atom. The van der Waals surface area contributed by atoms with Gasteiger partial charge in [-0.05, 0) is 61.5 Å². The molecule has 0 saturated carbocycles. The molecular weight excluding hydrogens is 561 g/mol. The number of hydrogen-bond donors (Lipinski definition) is 2. The van der Waals surface area contributed by atoms with Crippen LogP contribution in [0.25, 0.3) is 39.3 Å². The number of rotatable bonds is 4. The van der Waals surface area contributed by atoms with Crippen molar-refractivity contribution in [3.8, 4) is 39.4 Å². The molecule has 2 fully saturated rings. The first kappa shape index (κ1) is 28.2. The highest BCUT2D eigenvalue weighted by Crippen LogP contribution is 2.38. The minimum atomic E-state index is -5.08. The summed E-state index contributed by atoms with van der Waals surface area (Å²) in [5.41, 5.74) is 7.58. The van der Waals surface area contributed by atoms with Gasteiger partial charge in [-0.3, -0.25) is 9.88 Å². The number of fused-ring (bicyclic) bond motifs is 3. The van der Waals surface area contributed by atoms with Crippen LogP contribution in [0.5, 0.6) is 5.75 Å². The number of aliphatic carboxylic acids is 1. The molecule has 2 aliphatic heterocycles. The Hall–Kier alpha value is -4.97. The highest BCUT2D eigenvalue weighted by atomic mass is 19.4. The van der Waals surface area contributed by atoms with Gasteiger partial charge in [0.2, 0.25) is 0 Å². The Morgan fingerprint density at radius 2 is 1.63 bits per heavy atom. The van der Waals surface area contributed by atoms with E-state index < -0.39 is 12.1 Å². The summed E-state index contributed by atoms with van der Waals surface area (Å²) >= 11 is 0. The molecule has 43 heavy (non-hydrogen) atoms. The van der Waals surface area contributed by atoms with Crippen molar-refractivity contribution in [1.82, 2.24) is 24.5 Å². The monoisotopic (exact) mass is 588 g/mol. The molecule has 2 aromatic carbocycles. The zero-order chi connectivity index (χ0) is 30.3. The number of likely N-dealkylation sites (tertiary alicyclic amines) is 1. The third kappa shape index (κ3) is 5.48. The second-order valence-electron chi connectivity index (χ2n) is 10.6. The molecule has 2 atom stereocenters. The van der Waals surface area contributed by atoms with E-state index in [1.165, 1.54) is 12.1 Å². The van der Waals surface area contributed by atoms with Crippen molar-refractivity contribution < 1.29 is 28.2 Å². The predicted molar refractivity (Wildman–Crippen MR) is 155 cm³/mol. The zero-order valence-corrected chi connectivity index (χ0v) is 23.0. The van der Waals surface area contributed by atoms with E-state index in [2.05, 4.69) is 46.1 Å². The van der Waals surface area contributed by atoms with Gasteiger partial charge in [0.25, 0.3) is 0 Å². The highest BCUT2D eigenvalue weighted by Gasteiger charge is 2.41. The second kappa shape index (κ2) is 11.0. The molecule has 0 radical (unpaired) electrons. The summed E-state index contributed by atoms with van der Waals surface area (Å²) in [6.45, 7) is 2.24. The van der Waals surface area contributed by atoms with Gasteiger partial charge < -0.3 is 15.1 Å². The van der Waals surface area contributed by atoms with Crippen LogP contribution in [0.3, 0.4) is 0 Å². The lowest BCUT2D eigenvalue weighted by atomic mass is 10.0. The minimum absolute atomic E-state index is 0.209. The van der Waals surface area contributed by atoms with Gasteiger partial charge in [0.15, 0.2) is 5.65 Å². The summed E-state index contributed by atoms with van der Waals surface area (Å²) in [4.78, 5) is 22.8. The number of anilines is 1. The van der Waals surface area contributed by atoms with Crippen molar-refractivity contribution in [3.05, 3.63) is 85.3 Å². The number of likely N-dealkylation sites (N-methyl/N-ethyl adjacent to an activating group) is 1. The Labute approximate surface area is 244 Å². The summed E-state index contributed by atoms with van der Waals surface area (Å²) in [5, 5.41) is 22.3. The van der Waals surface area contributed by atoms with Gasteiger partial charge in [0, 0.05) is 60.6 Å². The molecule has 5 aromatic rings. The lowest BCUT2D eigenvalue weighted by Gasteiger charge is -2.33. The number of nitrogens with zero attached hydrogens (tertiary/aromatic N) is 6. The molecule has 3 aromatic heterocycles. The maximum absolute atomic E-state index is 10.6. The average Bonchev–Trinajstić information content (AvgIpc) is 3.70. The highest BCUT2D eigenvalue weighted by molar-refractivity contribution is 5.91. The van der Waals surface area contributed by atoms with Crippen molar-refractivity contribution in [2.45, 2.75) is 24.7 Å². The number of benzene rings is 2. The van der Waals surface area contributed by atoms with Crippen LogP contribution in [-0.4, -0.2) is 79.1 Å². The minimum Gasteiger partial charge on any atom is -0.508 e. The number of piperazine rings is 1. The number of hydrogen-bond acceptors (Lipinski definition) is 7. The molecule has 12 heteroatoms. The Bertz CT molecular complexity index is 1770. The van der Waals surface area contributed by atoms with Crippen molar-refractivity contribution in [2.75, 3.05) is 25.0 Å². The van der Waals surface area contributed by atoms with Crippen LogP contribution >= 0.6 is 0 Å². The van der Waals surface area contributed by atoms with Crippen LogP contribution in [0.1, 0.15) is 6.42 Å². The van der Waals surface area contributed by atoms with Gasteiger partial charge in [0.05, 0.1) is 11.3 Å². The average molecular weight is 589 g/mol. The van der Waals surface area contributed by atoms with Crippen LogP contribution in [0.15, 0.2) is 85.3 Å². The molecule has 0 aliphatic carbocycles. The van der Waals surface area contributed by atoms with E-state index in [-0.39, 0.29) is 5.75 Å². The molecule has 2 N–H and O–H groups in total. The fraction of sp³-hybridized carbons (Fsp3) is 0.226. The van der Waals surface area contributed by atoms with Gasteiger partial charge in [-0.25, -0.2) is 14.3 Å². The fourth-order valence-electron chi connectivity index (χ4n) is 5.81. The maximum Gasteiger partial charge on any atom is 0.490 e. The standard InChI is InChI=1S/C29H26N6O.C2HF3O2/c1-33-17-24-16-23(33)18-34(24)22-7-5-19(6-8-22)26-11-14-31-29-27(21-3-2-4-25(36)15-21)28(32-35(26)29)20-9-12-30-13-10-20;3-2(4,5)1(6)7/h2-15,23-24,36H,16-18H2,1H3;(H,6,7)/t23-,24-;/m0./s1.